The van der Waals surface area contributed by atoms with Crippen LogP contribution in [0.2, 0.25) is 0 Å². The summed E-state index contributed by atoms with van der Waals surface area (Å²) < 4.78 is 0. The number of amides is 2. The maximum Gasteiger partial charge on any atom is 0.239 e. The Morgan fingerprint density at radius 1 is 1.32 bits per heavy atom. The second kappa shape index (κ2) is 6.89. The number of carbonyl (C=O) groups is 2. The van der Waals surface area contributed by atoms with Crippen LogP contribution in [0.3, 0.4) is 0 Å². The molecular weight excluding hydrogens is 242 g/mol. The first-order valence-corrected chi connectivity index (χ1v) is 7.49. The van der Waals surface area contributed by atoms with Crippen LogP contribution in [0.4, 0.5) is 0 Å². The lowest BCUT2D eigenvalue weighted by Gasteiger charge is -2.31. The molecule has 1 aliphatic carbocycles. The molecule has 1 atom stereocenters. The second-order valence-corrected chi connectivity index (χ2v) is 5.75. The average Bonchev–Trinajstić information content (AvgIpc) is 2.42. The predicted octanol–water partition coefficient (Wildman–Crippen LogP) is 0.550. The maximum absolute atomic E-state index is 12.1. The summed E-state index contributed by atoms with van der Waals surface area (Å²) >= 11 is 0. The van der Waals surface area contributed by atoms with Gasteiger partial charge in [-0.25, -0.2) is 0 Å². The molecule has 5 heteroatoms. The number of rotatable bonds is 4. The summed E-state index contributed by atoms with van der Waals surface area (Å²) in [7, 11) is 0. The van der Waals surface area contributed by atoms with Crippen LogP contribution in [-0.2, 0) is 9.59 Å². The van der Waals surface area contributed by atoms with Gasteiger partial charge in [-0.15, -0.1) is 0 Å². The van der Waals surface area contributed by atoms with Crippen molar-refractivity contribution in [2.45, 2.75) is 57.5 Å². The van der Waals surface area contributed by atoms with E-state index in [4.69, 9.17) is 0 Å². The Hall–Kier alpha value is -1.10. The molecule has 5 nitrogen and oxygen atoms in total. The molecule has 2 fully saturated rings. The third-order valence-electron chi connectivity index (χ3n) is 4.22. The molecule has 2 aliphatic rings. The minimum absolute atomic E-state index is 0.0268. The molecule has 2 rings (SSSR count). The summed E-state index contributed by atoms with van der Waals surface area (Å²) in [6.07, 6.45) is 7.22. The van der Waals surface area contributed by atoms with Crippen LogP contribution in [0, 0.1) is 5.92 Å². The van der Waals surface area contributed by atoms with Crippen molar-refractivity contribution >= 4 is 11.8 Å². The van der Waals surface area contributed by atoms with Crippen molar-refractivity contribution in [1.82, 2.24) is 16.0 Å². The fraction of sp³-hybridized carbons (Fsp3) is 0.857. The quantitative estimate of drug-likeness (QED) is 0.696. The molecule has 0 aromatic rings. The molecule has 1 saturated carbocycles. The van der Waals surface area contributed by atoms with Crippen LogP contribution < -0.4 is 16.0 Å². The Morgan fingerprint density at radius 2 is 2.05 bits per heavy atom. The molecule has 0 aromatic heterocycles. The number of hydrogen-bond donors (Lipinski definition) is 3. The zero-order valence-corrected chi connectivity index (χ0v) is 11.7. The van der Waals surface area contributed by atoms with E-state index in [1.807, 2.05) is 0 Å². The van der Waals surface area contributed by atoms with Crippen LogP contribution in [0.15, 0.2) is 0 Å². The van der Waals surface area contributed by atoms with Crippen LogP contribution in [0.5, 0.6) is 0 Å². The van der Waals surface area contributed by atoms with Gasteiger partial charge in [-0.1, -0.05) is 19.8 Å². The van der Waals surface area contributed by atoms with E-state index in [2.05, 4.69) is 22.9 Å². The lowest BCUT2D eigenvalue weighted by molar-refractivity contribution is -0.127. The number of carbonyl (C=O) groups excluding carboxylic acids is 2. The van der Waals surface area contributed by atoms with Crippen molar-refractivity contribution in [3.63, 3.8) is 0 Å². The standard InChI is InChI=1S/C14H25N3O2/c1-2-3-10-4-6-11(7-5-10)17-14(19)12-8-16-13(18)9-15-12/h10-12,15H,2-9H2,1H3,(H,16,18)(H,17,19). The van der Waals surface area contributed by atoms with Crippen LogP contribution in [0.25, 0.3) is 0 Å². The first-order chi connectivity index (χ1) is 9.19. The van der Waals surface area contributed by atoms with Crippen molar-refractivity contribution in [3.05, 3.63) is 0 Å². The maximum atomic E-state index is 12.1. The zero-order valence-electron chi connectivity index (χ0n) is 11.7. The smallest absolute Gasteiger partial charge is 0.239 e. The van der Waals surface area contributed by atoms with E-state index in [9.17, 15) is 9.59 Å². The number of hydrogen-bond acceptors (Lipinski definition) is 3. The molecule has 3 N–H and O–H groups in total. The molecule has 1 saturated heterocycles. The number of piperazine rings is 1. The van der Waals surface area contributed by atoms with E-state index in [0.717, 1.165) is 18.8 Å². The summed E-state index contributed by atoms with van der Waals surface area (Å²) in [5.74, 6) is 0.841. The molecular formula is C14H25N3O2. The molecule has 0 bridgehead atoms. The summed E-state index contributed by atoms with van der Waals surface area (Å²) in [5.41, 5.74) is 0. The van der Waals surface area contributed by atoms with Crippen molar-refractivity contribution < 1.29 is 9.59 Å². The van der Waals surface area contributed by atoms with Crippen molar-refractivity contribution in [2.24, 2.45) is 5.92 Å². The van der Waals surface area contributed by atoms with E-state index in [-0.39, 0.29) is 24.4 Å². The van der Waals surface area contributed by atoms with Gasteiger partial charge < -0.3 is 10.6 Å². The summed E-state index contributed by atoms with van der Waals surface area (Å²) in [6, 6.07) is 0.0473. The van der Waals surface area contributed by atoms with Gasteiger partial charge in [-0.2, -0.15) is 0 Å². The zero-order chi connectivity index (χ0) is 13.7. The molecule has 1 heterocycles. The first kappa shape index (κ1) is 14.3. The predicted molar refractivity (Wildman–Crippen MR) is 73.6 cm³/mol. The van der Waals surface area contributed by atoms with Gasteiger partial charge in [-0.3, -0.25) is 14.9 Å². The summed E-state index contributed by atoms with van der Waals surface area (Å²) in [4.78, 5) is 23.1. The normalized spacial score (nSPS) is 31.6. The largest absolute Gasteiger partial charge is 0.353 e. The average molecular weight is 267 g/mol. The van der Waals surface area contributed by atoms with E-state index >= 15 is 0 Å². The highest BCUT2D eigenvalue weighted by Crippen LogP contribution is 2.27. The number of nitrogens with one attached hydrogen (secondary N) is 3. The third-order valence-corrected chi connectivity index (χ3v) is 4.22. The lowest BCUT2D eigenvalue weighted by atomic mass is 9.83. The van der Waals surface area contributed by atoms with Crippen molar-refractivity contribution in [3.8, 4) is 0 Å². The second-order valence-electron chi connectivity index (χ2n) is 5.75. The molecule has 1 unspecified atom stereocenters. The van der Waals surface area contributed by atoms with Crippen LogP contribution in [0.1, 0.15) is 45.4 Å². The van der Waals surface area contributed by atoms with E-state index < -0.39 is 0 Å². The Bertz CT molecular complexity index is 315. The minimum Gasteiger partial charge on any atom is -0.353 e. The summed E-state index contributed by atoms with van der Waals surface area (Å²) in [6.45, 7) is 2.87. The van der Waals surface area contributed by atoms with Gasteiger partial charge in [0.25, 0.3) is 0 Å². The van der Waals surface area contributed by atoms with Crippen LogP contribution in [-0.4, -0.2) is 37.0 Å². The molecule has 0 aromatic carbocycles. The van der Waals surface area contributed by atoms with Gasteiger partial charge in [0.2, 0.25) is 11.8 Å². The third kappa shape index (κ3) is 4.20. The molecule has 2 amide bonds. The topological polar surface area (TPSA) is 70.2 Å². The fourth-order valence-corrected chi connectivity index (χ4v) is 3.06. The SMILES string of the molecule is CCCC1CCC(NC(=O)C2CNC(=O)CN2)CC1. The van der Waals surface area contributed by atoms with Gasteiger partial charge in [0.1, 0.15) is 6.04 Å². The van der Waals surface area contributed by atoms with Gasteiger partial charge in [0.05, 0.1) is 6.54 Å². The first-order valence-electron chi connectivity index (χ1n) is 7.49. The molecule has 19 heavy (non-hydrogen) atoms. The van der Waals surface area contributed by atoms with Gasteiger partial charge >= 0.3 is 0 Å². The van der Waals surface area contributed by atoms with Gasteiger partial charge in [-0.05, 0) is 31.6 Å². The Labute approximate surface area is 114 Å². The Morgan fingerprint density at radius 3 is 2.63 bits per heavy atom. The Balaban J connectivity index is 1.70. The monoisotopic (exact) mass is 267 g/mol. The molecule has 108 valence electrons. The van der Waals surface area contributed by atoms with Crippen molar-refractivity contribution in [2.75, 3.05) is 13.1 Å². The molecule has 0 spiro atoms. The minimum atomic E-state index is -0.272. The highest BCUT2D eigenvalue weighted by molar-refractivity contribution is 5.86. The van der Waals surface area contributed by atoms with Gasteiger partial charge in [0.15, 0.2) is 0 Å². The Kier molecular flexibility index (Phi) is 5.19. The lowest BCUT2D eigenvalue weighted by Crippen LogP contribution is -2.59. The summed E-state index contributed by atoms with van der Waals surface area (Å²) in [5, 5.41) is 8.79. The van der Waals surface area contributed by atoms with E-state index in [1.54, 1.807) is 0 Å². The highest BCUT2D eigenvalue weighted by atomic mass is 16.2. The van der Waals surface area contributed by atoms with Crippen molar-refractivity contribution in [1.29, 1.82) is 0 Å². The van der Waals surface area contributed by atoms with E-state index in [1.165, 1.54) is 25.7 Å². The van der Waals surface area contributed by atoms with Crippen LogP contribution >= 0.6 is 0 Å². The highest BCUT2D eigenvalue weighted by Gasteiger charge is 2.27. The molecule has 0 radical (unpaired) electrons. The molecule has 1 aliphatic heterocycles. The van der Waals surface area contributed by atoms with Gasteiger partial charge in [0, 0.05) is 12.6 Å². The fourth-order valence-electron chi connectivity index (χ4n) is 3.06. The van der Waals surface area contributed by atoms with E-state index in [0.29, 0.717) is 12.6 Å².